The maximum Gasteiger partial charge on any atom is 0.272 e. The van der Waals surface area contributed by atoms with Crippen molar-refractivity contribution in [3.05, 3.63) is 103 Å². The highest BCUT2D eigenvalue weighted by Crippen LogP contribution is 2.37. The van der Waals surface area contributed by atoms with Gasteiger partial charge in [-0.2, -0.15) is 0 Å². The molecule has 4 rings (SSSR count). The number of amides is 1. The Morgan fingerprint density at radius 1 is 0.812 bits per heavy atom. The van der Waals surface area contributed by atoms with Crippen LogP contribution in [-0.2, 0) is 0 Å². The van der Waals surface area contributed by atoms with Crippen molar-refractivity contribution in [2.75, 3.05) is 13.2 Å². The SMILES string of the molecule is CC(C)[C@@H](CP(c1ccccc1)c1ccccc1)N(C)C(=O)c1ccc2ccccc2n1. The number of carbonyl (C=O) groups excluding carboxylic acids is 1. The third-order valence-corrected chi connectivity index (χ3v) is 8.49. The van der Waals surface area contributed by atoms with Gasteiger partial charge in [-0.1, -0.05) is 98.8 Å². The number of hydrogen-bond acceptors (Lipinski definition) is 2. The van der Waals surface area contributed by atoms with Crippen molar-refractivity contribution >= 4 is 35.3 Å². The Bertz CT molecular complexity index is 1140. The van der Waals surface area contributed by atoms with Crippen LogP contribution in [0.5, 0.6) is 0 Å². The Morgan fingerprint density at radius 2 is 1.38 bits per heavy atom. The van der Waals surface area contributed by atoms with E-state index in [2.05, 4.69) is 79.5 Å². The fraction of sp³-hybridized carbons (Fsp3) is 0.214. The lowest BCUT2D eigenvalue weighted by atomic mass is 10.0. The van der Waals surface area contributed by atoms with Crippen LogP contribution in [0.15, 0.2) is 97.1 Å². The first-order chi connectivity index (χ1) is 15.5. The van der Waals surface area contributed by atoms with Gasteiger partial charge in [0.1, 0.15) is 5.69 Å². The monoisotopic (exact) mass is 440 g/mol. The van der Waals surface area contributed by atoms with E-state index in [1.54, 1.807) is 0 Å². The van der Waals surface area contributed by atoms with E-state index in [1.807, 2.05) is 48.3 Å². The maximum absolute atomic E-state index is 13.5. The highest BCUT2D eigenvalue weighted by atomic mass is 31.1. The fourth-order valence-corrected chi connectivity index (χ4v) is 6.88. The summed E-state index contributed by atoms with van der Waals surface area (Å²) in [5.41, 5.74) is 1.35. The summed E-state index contributed by atoms with van der Waals surface area (Å²) < 4.78 is 0. The average Bonchev–Trinajstić information content (AvgIpc) is 2.84. The molecule has 3 nitrogen and oxygen atoms in total. The van der Waals surface area contributed by atoms with Crippen LogP contribution in [0, 0.1) is 5.92 Å². The van der Waals surface area contributed by atoms with Crippen molar-refractivity contribution in [3.8, 4) is 0 Å². The Labute approximate surface area is 191 Å². The number of fused-ring (bicyclic) bond motifs is 1. The number of para-hydroxylation sites is 1. The third kappa shape index (κ3) is 4.89. The quantitative estimate of drug-likeness (QED) is 0.357. The first kappa shape index (κ1) is 22.2. The van der Waals surface area contributed by atoms with Gasteiger partial charge in [-0.25, -0.2) is 4.98 Å². The molecule has 1 aromatic heterocycles. The van der Waals surface area contributed by atoms with Crippen LogP contribution < -0.4 is 10.6 Å². The molecule has 0 radical (unpaired) electrons. The molecule has 162 valence electrons. The van der Waals surface area contributed by atoms with Crippen molar-refractivity contribution < 1.29 is 4.79 Å². The zero-order valence-electron chi connectivity index (χ0n) is 18.8. The normalized spacial score (nSPS) is 12.3. The summed E-state index contributed by atoms with van der Waals surface area (Å²) in [6, 6.07) is 33.2. The molecule has 0 aliphatic carbocycles. The maximum atomic E-state index is 13.5. The van der Waals surface area contributed by atoms with E-state index in [-0.39, 0.29) is 11.9 Å². The number of nitrogens with zero attached hydrogens (tertiary/aromatic N) is 2. The Balaban J connectivity index is 1.64. The molecular formula is C28H29N2OP. The van der Waals surface area contributed by atoms with E-state index in [0.29, 0.717) is 11.6 Å². The second-order valence-corrected chi connectivity index (χ2v) is 10.7. The minimum absolute atomic E-state index is 0.0227. The molecule has 0 aliphatic rings. The van der Waals surface area contributed by atoms with Gasteiger partial charge in [0.15, 0.2) is 0 Å². The summed E-state index contributed by atoms with van der Waals surface area (Å²) in [6.07, 6.45) is 0.914. The summed E-state index contributed by atoms with van der Waals surface area (Å²) in [5, 5.41) is 3.72. The zero-order chi connectivity index (χ0) is 22.5. The first-order valence-electron chi connectivity index (χ1n) is 11.0. The highest BCUT2D eigenvalue weighted by Gasteiger charge is 2.29. The van der Waals surface area contributed by atoms with Crippen LogP contribution in [0.3, 0.4) is 0 Å². The molecule has 0 fully saturated rings. The average molecular weight is 441 g/mol. The molecule has 0 spiro atoms. The van der Waals surface area contributed by atoms with Crippen molar-refractivity contribution in [1.82, 2.24) is 9.88 Å². The van der Waals surface area contributed by atoms with Crippen LogP contribution in [-0.4, -0.2) is 35.0 Å². The molecule has 0 saturated carbocycles. The first-order valence-corrected chi connectivity index (χ1v) is 12.6. The molecule has 1 atom stereocenters. The summed E-state index contributed by atoms with van der Waals surface area (Å²) in [6.45, 7) is 4.40. The molecule has 3 aromatic carbocycles. The lowest BCUT2D eigenvalue weighted by Crippen LogP contribution is -2.43. The van der Waals surface area contributed by atoms with Gasteiger partial charge in [-0.3, -0.25) is 4.79 Å². The van der Waals surface area contributed by atoms with Gasteiger partial charge < -0.3 is 4.90 Å². The number of carbonyl (C=O) groups is 1. The third-order valence-electron chi connectivity index (χ3n) is 5.91. The standard InChI is InChI=1S/C28H29N2OP/c1-21(2)27(20-32(23-13-6-4-7-14-23)24-15-8-5-9-16-24)30(3)28(31)26-19-18-22-12-10-11-17-25(22)29-26/h4-19,21,27H,20H2,1-3H3/t27-/m1/s1. The van der Waals surface area contributed by atoms with Gasteiger partial charge in [0.05, 0.1) is 5.52 Å². The number of rotatable bonds is 7. The topological polar surface area (TPSA) is 33.2 Å². The number of aromatic nitrogens is 1. The van der Waals surface area contributed by atoms with Gasteiger partial charge >= 0.3 is 0 Å². The molecular weight excluding hydrogens is 411 g/mol. The van der Waals surface area contributed by atoms with Crippen molar-refractivity contribution in [1.29, 1.82) is 0 Å². The Hall–Kier alpha value is -3.03. The molecule has 0 saturated heterocycles. The van der Waals surface area contributed by atoms with Gasteiger partial charge in [-0.15, -0.1) is 0 Å². The predicted molar refractivity (Wildman–Crippen MR) is 136 cm³/mol. The summed E-state index contributed by atoms with van der Waals surface area (Å²) in [7, 11) is 1.33. The van der Waals surface area contributed by atoms with Crippen LogP contribution in [0.1, 0.15) is 24.3 Å². The zero-order valence-corrected chi connectivity index (χ0v) is 19.7. The van der Waals surface area contributed by atoms with E-state index in [9.17, 15) is 4.79 Å². The summed E-state index contributed by atoms with van der Waals surface area (Å²) >= 11 is 0. The summed E-state index contributed by atoms with van der Waals surface area (Å²) in [5.74, 6) is 0.298. The smallest absolute Gasteiger partial charge is 0.272 e. The van der Waals surface area contributed by atoms with Gasteiger partial charge in [0.25, 0.3) is 5.91 Å². The molecule has 0 unspecified atom stereocenters. The minimum Gasteiger partial charge on any atom is -0.337 e. The molecule has 1 heterocycles. The highest BCUT2D eigenvalue weighted by molar-refractivity contribution is 7.73. The molecule has 0 aliphatic heterocycles. The number of benzene rings is 3. The van der Waals surface area contributed by atoms with E-state index in [0.717, 1.165) is 17.1 Å². The molecule has 0 N–H and O–H groups in total. The van der Waals surface area contributed by atoms with Crippen molar-refractivity contribution in [2.45, 2.75) is 19.9 Å². The lowest BCUT2D eigenvalue weighted by Gasteiger charge is -2.34. The molecule has 0 bridgehead atoms. The van der Waals surface area contributed by atoms with Gasteiger partial charge in [-0.05, 0) is 42.7 Å². The van der Waals surface area contributed by atoms with E-state index < -0.39 is 7.92 Å². The van der Waals surface area contributed by atoms with Crippen LogP contribution >= 0.6 is 7.92 Å². The van der Waals surface area contributed by atoms with Gasteiger partial charge in [0.2, 0.25) is 0 Å². The fourth-order valence-electron chi connectivity index (χ4n) is 4.06. The van der Waals surface area contributed by atoms with E-state index in [1.165, 1.54) is 10.6 Å². The second-order valence-electron chi connectivity index (χ2n) is 8.40. The van der Waals surface area contributed by atoms with Crippen molar-refractivity contribution in [3.63, 3.8) is 0 Å². The molecule has 1 amide bonds. The van der Waals surface area contributed by atoms with Crippen LogP contribution in [0.4, 0.5) is 0 Å². The van der Waals surface area contributed by atoms with Gasteiger partial charge in [0, 0.05) is 18.5 Å². The minimum atomic E-state index is -0.591. The van der Waals surface area contributed by atoms with E-state index >= 15 is 0 Å². The number of pyridine rings is 1. The molecule has 4 aromatic rings. The second kappa shape index (κ2) is 10.1. The van der Waals surface area contributed by atoms with Crippen LogP contribution in [0.25, 0.3) is 10.9 Å². The lowest BCUT2D eigenvalue weighted by molar-refractivity contribution is 0.0705. The Kier molecular flexibility index (Phi) is 6.97. The summed E-state index contributed by atoms with van der Waals surface area (Å²) in [4.78, 5) is 20.0. The number of hydrogen-bond donors (Lipinski definition) is 0. The Morgan fingerprint density at radius 3 is 1.97 bits per heavy atom. The predicted octanol–water partition coefficient (Wildman–Crippen LogP) is 5.46. The van der Waals surface area contributed by atoms with E-state index in [4.69, 9.17) is 0 Å². The molecule has 32 heavy (non-hydrogen) atoms. The molecule has 4 heteroatoms. The van der Waals surface area contributed by atoms with Crippen LogP contribution in [0.2, 0.25) is 0 Å². The van der Waals surface area contributed by atoms with Crippen molar-refractivity contribution in [2.24, 2.45) is 5.92 Å². The largest absolute Gasteiger partial charge is 0.337 e.